The molecule has 0 heterocycles. The van der Waals surface area contributed by atoms with Gasteiger partial charge in [0.1, 0.15) is 0 Å². The predicted octanol–water partition coefficient (Wildman–Crippen LogP) is 2.72. The maximum absolute atomic E-state index is 11.7. The van der Waals surface area contributed by atoms with E-state index in [0.717, 1.165) is 11.1 Å². The summed E-state index contributed by atoms with van der Waals surface area (Å²) in [5, 5.41) is 2.65. The van der Waals surface area contributed by atoms with Gasteiger partial charge in [-0.2, -0.15) is 0 Å². The first-order valence-corrected chi connectivity index (χ1v) is 6.69. The summed E-state index contributed by atoms with van der Waals surface area (Å²) in [7, 11) is 0. The summed E-state index contributed by atoms with van der Waals surface area (Å²) in [6.45, 7) is 1.68. The van der Waals surface area contributed by atoms with Crippen molar-refractivity contribution in [3.8, 4) is 0 Å². The second-order valence-electron chi connectivity index (χ2n) is 4.74. The predicted molar refractivity (Wildman–Crippen MR) is 80.9 cm³/mol. The van der Waals surface area contributed by atoms with Gasteiger partial charge in [-0.05, 0) is 24.6 Å². The molecule has 0 saturated heterocycles. The normalized spacial score (nSPS) is 9.95. The molecule has 2 aromatic carbocycles. The highest BCUT2D eigenvalue weighted by Gasteiger charge is 2.08. The number of nitrogens with one attached hydrogen (secondary N) is 1. The lowest BCUT2D eigenvalue weighted by molar-refractivity contribution is -0.146. The Morgan fingerprint density at radius 1 is 1.05 bits per heavy atom. The molecule has 2 rings (SSSR count). The molecule has 0 aromatic heterocycles. The molecule has 0 aliphatic heterocycles. The number of carbonyl (C=O) groups is 2. The molecule has 0 radical (unpaired) electrons. The fraction of sp³-hybridized carbons (Fsp3) is 0.176. The zero-order chi connectivity index (χ0) is 15.1. The second kappa shape index (κ2) is 7.24. The van der Waals surface area contributed by atoms with Gasteiger partial charge < -0.3 is 10.1 Å². The van der Waals surface area contributed by atoms with E-state index in [1.807, 2.05) is 49.4 Å². The molecule has 4 nitrogen and oxygen atoms in total. The van der Waals surface area contributed by atoms with Gasteiger partial charge in [0.05, 0.1) is 6.42 Å². The lowest BCUT2D eigenvalue weighted by atomic mass is 10.1. The molecule has 0 unspecified atom stereocenters. The molecular weight excluding hydrogens is 266 g/mol. The van der Waals surface area contributed by atoms with Crippen molar-refractivity contribution < 1.29 is 14.3 Å². The first-order valence-electron chi connectivity index (χ1n) is 6.69. The average molecular weight is 283 g/mol. The van der Waals surface area contributed by atoms with Crippen molar-refractivity contribution >= 4 is 17.6 Å². The molecule has 1 N–H and O–H groups in total. The first kappa shape index (κ1) is 14.8. The third kappa shape index (κ3) is 5.10. The van der Waals surface area contributed by atoms with Gasteiger partial charge in [-0.1, -0.05) is 48.0 Å². The van der Waals surface area contributed by atoms with E-state index in [4.69, 9.17) is 4.74 Å². The Bertz CT molecular complexity index is 623. The van der Waals surface area contributed by atoms with E-state index in [0.29, 0.717) is 5.69 Å². The highest BCUT2D eigenvalue weighted by molar-refractivity contribution is 5.92. The summed E-state index contributed by atoms with van der Waals surface area (Å²) in [4.78, 5) is 23.3. The van der Waals surface area contributed by atoms with E-state index in [1.165, 1.54) is 0 Å². The Hall–Kier alpha value is -2.62. The van der Waals surface area contributed by atoms with E-state index in [-0.39, 0.29) is 18.9 Å². The molecule has 0 bridgehead atoms. The van der Waals surface area contributed by atoms with Crippen molar-refractivity contribution in [1.82, 2.24) is 0 Å². The van der Waals surface area contributed by atoms with Gasteiger partial charge in [0.25, 0.3) is 5.91 Å². The van der Waals surface area contributed by atoms with Gasteiger partial charge in [0.2, 0.25) is 0 Å². The number of ether oxygens (including phenoxy) is 1. The average Bonchev–Trinajstić information content (AvgIpc) is 2.46. The largest absolute Gasteiger partial charge is 0.455 e. The minimum atomic E-state index is -0.413. The van der Waals surface area contributed by atoms with Crippen molar-refractivity contribution in [2.24, 2.45) is 0 Å². The van der Waals surface area contributed by atoms with Crippen LogP contribution in [0.3, 0.4) is 0 Å². The lowest BCUT2D eigenvalue weighted by Gasteiger charge is -2.07. The molecule has 1 amide bonds. The Morgan fingerprint density at radius 3 is 2.52 bits per heavy atom. The first-order chi connectivity index (χ1) is 10.1. The number of esters is 1. The molecule has 0 aliphatic carbocycles. The van der Waals surface area contributed by atoms with Crippen LogP contribution in [0.1, 0.15) is 11.1 Å². The molecule has 0 spiro atoms. The maximum atomic E-state index is 11.7. The third-order valence-electron chi connectivity index (χ3n) is 2.85. The van der Waals surface area contributed by atoms with E-state index in [2.05, 4.69) is 5.32 Å². The summed E-state index contributed by atoms with van der Waals surface area (Å²) in [6, 6.07) is 16.7. The number of rotatable bonds is 5. The fourth-order valence-corrected chi connectivity index (χ4v) is 1.90. The smallest absolute Gasteiger partial charge is 0.310 e. The highest BCUT2D eigenvalue weighted by atomic mass is 16.5. The van der Waals surface area contributed by atoms with Gasteiger partial charge in [0, 0.05) is 5.69 Å². The molecule has 4 heteroatoms. The summed E-state index contributed by atoms with van der Waals surface area (Å²) in [5.74, 6) is -0.761. The zero-order valence-corrected chi connectivity index (χ0v) is 11.8. The number of para-hydroxylation sites is 1. The van der Waals surface area contributed by atoms with Crippen molar-refractivity contribution in [3.63, 3.8) is 0 Å². The number of hydrogen-bond acceptors (Lipinski definition) is 3. The molecule has 0 atom stereocenters. The molecule has 108 valence electrons. The number of amides is 1. The molecule has 0 saturated carbocycles. The van der Waals surface area contributed by atoms with Crippen LogP contribution in [-0.4, -0.2) is 18.5 Å². The van der Waals surface area contributed by atoms with Crippen LogP contribution in [0.15, 0.2) is 54.6 Å². The van der Waals surface area contributed by atoms with Gasteiger partial charge >= 0.3 is 5.97 Å². The van der Waals surface area contributed by atoms with Crippen LogP contribution in [-0.2, 0) is 20.7 Å². The SMILES string of the molecule is Cc1cccc(CC(=O)OCC(=O)Nc2ccccc2)c1. The molecule has 2 aromatic rings. The topological polar surface area (TPSA) is 55.4 Å². The van der Waals surface area contributed by atoms with Crippen LogP contribution in [0.5, 0.6) is 0 Å². The highest BCUT2D eigenvalue weighted by Crippen LogP contribution is 2.06. The number of benzene rings is 2. The van der Waals surface area contributed by atoms with Crippen LogP contribution in [0.25, 0.3) is 0 Å². The van der Waals surface area contributed by atoms with E-state index in [1.54, 1.807) is 12.1 Å². The van der Waals surface area contributed by atoms with Gasteiger partial charge in [0.15, 0.2) is 6.61 Å². The van der Waals surface area contributed by atoms with Crippen LogP contribution < -0.4 is 5.32 Å². The Morgan fingerprint density at radius 2 is 1.81 bits per heavy atom. The Balaban J connectivity index is 1.77. The summed E-state index contributed by atoms with van der Waals surface area (Å²) >= 11 is 0. The van der Waals surface area contributed by atoms with E-state index < -0.39 is 5.97 Å². The summed E-state index contributed by atoms with van der Waals surface area (Å²) in [5.41, 5.74) is 2.64. The van der Waals surface area contributed by atoms with Crippen molar-refractivity contribution in [3.05, 3.63) is 65.7 Å². The van der Waals surface area contributed by atoms with Crippen LogP contribution in [0.4, 0.5) is 5.69 Å². The van der Waals surface area contributed by atoms with Crippen LogP contribution >= 0.6 is 0 Å². The maximum Gasteiger partial charge on any atom is 0.310 e. The lowest BCUT2D eigenvalue weighted by Crippen LogP contribution is -2.21. The van der Waals surface area contributed by atoms with Gasteiger partial charge in [-0.25, -0.2) is 0 Å². The number of anilines is 1. The Kier molecular flexibility index (Phi) is 5.10. The molecule has 0 fully saturated rings. The van der Waals surface area contributed by atoms with E-state index in [9.17, 15) is 9.59 Å². The number of carbonyl (C=O) groups excluding carboxylic acids is 2. The second-order valence-corrected chi connectivity index (χ2v) is 4.74. The number of hydrogen-bond donors (Lipinski definition) is 1. The standard InChI is InChI=1S/C17H17NO3/c1-13-6-5-7-14(10-13)11-17(20)21-12-16(19)18-15-8-3-2-4-9-15/h2-10H,11-12H2,1H3,(H,18,19). The summed E-state index contributed by atoms with van der Waals surface area (Å²) in [6.07, 6.45) is 0.167. The molecule has 0 aliphatic rings. The third-order valence-corrected chi connectivity index (χ3v) is 2.85. The summed E-state index contributed by atoms with van der Waals surface area (Å²) < 4.78 is 4.97. The van der Waals surface area contributed by atoms with Crippen molar-refractivity contribution in [2.45, 2.75) is 13.3 Å². The van der Waals surface area contributed by atoms with E-state index >= 15 is 0 Å². The van der Waals surface area contributed by atoms with Gasteiger partial charge in [-0.3, -0.25) is 9.59 Å². The Labute approximate surface area is 123 Å². The minimum absolute atomic E-state index is 0.167. The quantitative estimate of drug-likeness (QED) is 0.858. The number of aryl methyl sites for hydroxylation is 1. The minimum Gasteiger partial charge on any atom is -0.455 e. The van der Waals surface area contributed by atoms with Gasteiger partial charge in [-0.15, -0.1) is 0 Å². The zero-order valence-electron chi connectivity index (χ0n) is 11.8. The van der Waals surface area contributed by atoms with Crippen molar-refractivity contribution in [1.29, 1.82) is 0 Å². The van der Waals surface area contributed by atoms with Crippen LogP contribution in [0.2, 0.25) is 0 Å². The molecular formula is C17H17NO3. The molecule has 21 heavy (non-hydrogen) atoms. The monoisotopic (exact) mass is 283 g/mol. The fourth-order valence-electron chi connectivity index (χ4n) is 1.90. The van der Waals surface area contributed by atoms with Crippen LogP contribution in [0, 0.1) is 6.92 Å². The van der Waals surface area contributed by atoms with Crippen molar-refractivity contribution in [2.75, 3.05) is 11.9 Å².